The fourth-order valence-corrected chi connectivity index (χ4v) is 3.42. The third-order valence-electron chi connectivity index (χ3n) is 5.11. The first-order valence-corrected chi connectivity index (χ1v) is 8.96. The van der Waals surface area contributed by atoms with Crippen LogP contribution in [0.25, 0.3) is 11.0 Å². The summed E-state index contributed by atoms with van der Waals surface area (Å²) in [5.41, 5.74) is 3.04. The van der Waals surface area contributed by atoms with Gasteiger partial charge >= 0.3 is 0 Å². The van der Waals surface area contributed by atoms with Gasteiger partial charge in [-0.2, -0.15) is 0 Å². The highest BCUT2D eigenvalue weighted by atomic mass is 16.2. The van der Waals surface area contributed by atoms with E-state index in [-0.39, 0.29) is 11.8 Å². The quantitative estimate of drug-likeness (QED) is 0.697. The van der Waals surface area contributed by atoms with Crippen LogP contribution in [0.3, 0.4) is 0 Å². The maximum atomic E-state index is 12.9. The normalized spacial score (nSPS) is 14.6. The molecule has 4 rings (SSSR count). The van der Waals surface area contributed by atoms with Crippen molar-refractivity contribution in [2.24, 2.45) is 7.05 Å². The van der Waals surface area contributed by atoms with E-state index in [2.05, 4.69) is 9.97 Å². The van der Waals surface area contributed by atoms with Crippen molar-refractivity contribution < 1.29 is 9.59 Å². The van der Waals surface area contributed by atoms with Gasteiger partial charge in [0, 0.05) is 51.2 Å². The Balaban J connectivity index is 1.45. The summed E-state index contributed by atoms with van der Waals surface area (Å²) >= 11 is 0. The predicted octanol–water partition coefficient (Wildman–Crippen LogP) is 1.87. The van der Waals surface area contributed by atoms with Gasteiger partial charge < -0.3 is 14.4 Å². The molecule has 1 aliphatic rings. The van der Waals surface area contributed by atoms with Crippen molar-refractivity contribution in [3.05, 3.63) is 59.7 Å². The Morgan fingerprint density at radius 3 is 2.26 bits per heavy atom. The zero-order chi connectivity index (χ0) is 19.0. The average molecular weight is 363 g/mol. The molecule has 0 N–H and O–H groups in total. The van der Waals surface area contributed by atoms with Gasteiger partial charge in [-0.05, 0) is 37.3 Å². The van der Waals surface area contributed by atoms with Gasteiger partial charge in [0.2, 0.25) is 0 Å². The number of hydrogen-bond donors (Lipinski definition) is 0. The van der Waals surface area contributed by atoms with Crippen LogP contribution in [0.4, 0.5) is 0 Å². The van der Waals surface area contributed by atoms with Gasteiger partial charge in [0.05, 0.1) is 16.6 Å². The monoisotopic (exact) mass is 363 g/mol. The van der Waals surface area contributed by atoms with E-state index in [1.54, 1.807) is 34.3 Å². The number of fused-ring (bicyclic) bond motifs is 1. The number of aryl methyl sites for hydroxylation is 2. The molecule has 0 radical (unpaired) electrons. The van der Waals surface area contributed by atoms with Gasteiger partial charge in [-0.3, -0.25) is 14.6 Å². The molecular formula is C20H21N5O2. The van der Waals surface area contributed by atoms with Crippen LogP contribution in [0.5, 0.6) is 0 Å². The lowest BCUT2D eigenvalue weighted by Gasteiger charge is -2.34. The fourth-order valence-electron chi connectivity index (χ4n) is 3.42. The van der Waals surface area contributed by atoms with Crippen molar-refractivity contribution in [3.63, 3.8) is 0 Å². The summed E-state index contributed by atoms with van der Waals surface area (Å²) in [5, 5.41) is 0. The van der Waals surface area contributed by atoms with Crippen molar-refractivity contribution in [3.8, 4) is 0 Å². The number of rotatable bonds is 2. The Morgan fingerprint density at radius 1 is 0.963 bits per heavy atom. The van der Waals surface area contributed by atoms with Crippen molar-refractivity contribution >= 4 is 22.8 Å². The van der Waals surface area contributed by atoms with Gasteiger partial charge in [-0.15, -0.1) is 0 Å². The van der Waals surface area contributed by atoms with E-state index in [1.165, 1.54) is 0 Å². The summed E-state index contributed by atoms with van der Waals surface area (Å²) in [5.74, 6) is 0.853. The highest BCUT2D eigenvalue weighted by molar-refractivity contribution is 5.98. The number of hydrogen-bond acceptors (Lipinski definition) is 4. The topological polar surface area (TPSA) is 71.3 Å². The molecule has 3 heterocycles. The van der Waals surface area contributed by atoms with Gasteiger partial charge in [0.1, 0.15) is 5.82 Å². The van der Waals surface area contributed by atoms with E-state index in [4.69, 9.17) is 0 Å². The van der Waals surface area contributed by atoms with Crippen molar-refractivity contribution in [1.82, 2.24) is 24.3 Å². The molecule has 0 atom stereocenters. The number of imidazole rings is 1. The lowest BCUT2D eigenvalue weighted by Crippen LogP contribution is -2.50. The molecule has 1 aromatic carbocycles. The average Bonchev–Trinajstić information content (AvgIpc) is 3.01. The van der Waals surface area contributed by atoms with Crippen LogP contribution < -0.4 is 0 Å². The molecule has 1 fully saturated rings. The highest BCUT2D eigenvalue weighted by Gasteiger charge is 2.26. The maximum Gasteiger partial charge on any atom is 0.255 e. The molecule has 1 saturated heterocycles. The molecule has 2 aromatic heterocycles. The van der Waals surface area contributed by atoms with Crippen LogP contribution in [0.1, 0.15) is 26.5 Å². The molecule has 3 aromatic rings. The van der Waals surface area contributed by atoms with E-state index in [1.807, 2.05) is 36.7 Å². The molecule has 0 spiro atoms. The molecule has 0 unspecified atom stereocenters. The summed E-state index contributed by atoms with van der Waals surface area (Å²) in [6, 6.07) is 9.14. The Bertz CT molecular complexity index is 1000. The van der Waals surface area contributed by atoms with Gasteiger partial charge in [0.15, 0.2) is 0 Å². The van der Waals surface area contributed by atoms with Crippen LogP contribution in [-0.2, 0) is 7.05 Å². The highest BCUT2D eigenvalue weighted by Crippen LogP contribution is 2.18. The van der Waals surface area contributed by atoms with Crippen LogP contribution in [-0.4, -0.2) is 62.3 Å². The van der Waals surface area contributed by atoms with Gasteiger partial charge in [0.25, 0.3) is 11.8 Å². The third kappa shape index (κ3) is 3.16. The fraction of sp³-hybridized carbons (Fsp3) is 0.300. The Labute approximate surface area is 157 Å². The summed E-state index contributed by atoms with van der Waals surface area (Å²) in [4.78, 5) is 37.4. The number of pyridine rings is 1. The minimum atomic E-state index is -0.0411. The molecule has 0 bridgehead atoms. The molecule has 1 aliphatic heterocycles. The Hall–Kier alpha value is -3.22. The summed E-state index contributed by atoms with van der Waals surface area (Å²) in [6.45, 7) is 4.02. The zero-order valence-electron chi connectivity index (χ0n) is 15.4. The van der Waals surface area contributed by atoms with E-state index in [0.717, 1.165) is 16.9 Å². The first-order valence-electron chi connectivity index (χ1n) is 8.96. The van der Waals surface area contributed by atoms with Crippen molar-refractivity contribution in [1.29, 1.82) is 0 Å². The van der Waals surface area contributed by atoms with Crippen LogP contribution in [0.2, 0.25) is 0 Å². The smallest absolute Gasteiger partial charge is 0.255 e. The van der Waals surface area contributed by atoms with E-state index in [0.29, 0.717) is 37.3 Å². The number of carbonyl (C=O) groups excluding carboxylic acids is 2. The van der Waals surface area contributed by atoms with Crippen molar-refractivity contribution in [2.45, 2.75) is 6.92 Å². The lowest BCUT2D eigenvalue weighted by atomic mass is 10.1. The number of amides is 2. The van der Waals surface area contributed by atoms with Gasteiger partial charge in [-0.1, -0.05) is 0 Å². The molecule has 7 heteroatoms. The number of benzene rings is 1. The minimum Gasteiger partial charge on any atom is -0.335 e. The lowest BCUT2D eigenvalue weighted by molar-refractivity contribution is 0.0535. The van der Waals surface area contributed by atoms with E-state index < -0.39 is 0 Å². The Morgan fingerprint density at radius 2 is 1.63 bits per heavy atom. The van der Waals surface area contributed by atoms with E-state index in [9.17, 15) is 9.59 Å². The number of carbonyl (C=O) groups is 2. The molecule has 0 aliphatic carbocycles. The molecule has 0 saturated carbocycles. The van der Waals surface area contributed by atoms with Crippen molar-refractivity contribution in [2.75, 3.05) is 26.2 Å². The summed E-state index contributed by atoms with van der Waals surface area (Å²) in [6.07, 6.45) is 3.22. The number of piperazine rings is 1. The third-order valence-corrected chi connectivity index (χ3v) is 5.11. The molecule has 2 amide bonds. The first kappa shape index (κ1) is 17.2. The summed E-state index contributed by atoms with van der Waals surface area (Å²) < 4.78 is 2.01. The first-order chi connectivity index (χ1) is 13.0. The van der Waals surface area contributed by atoms with Crippen LogP contribution in [0, 0.1) is 6.92 Å². The predicted molar refractivity (Wildman–Crippen MR) is 101 cm³/mol. The van der Waals surface area contributed by atoms with Gasteiger partial charge in [-0.25, -0.2) is 4.98 Å². The number of aromatic nitrogens is 3. The summed E-state index contributed by atoms with van der Waals surface area (Å²) in [7, 11) is 1.96. The molecular weight excluding hydrogens is 342 g/mol. The molecule has 7 nitrogen and oxygen atoms in total. The van der Waals surface area contributed by atoms with Crippen LogP contribution in [0.15, 0.2) is 42.7 Å². The molecule has 27 heavy (non-hydrogen) atoms. The maximum absolute atomic E-state index is 12.9. The van der Waals surface area contributed by atoms with Crippen LogP contribution >= 0.6 is 0 Å². The Kier molecular flexibility index (Phi) is 4.35. The standard InChI is InChI=1S/C20H21N5O2/c1-14-22-17-12-15(5-6-18(17)23(14)2)19(26)24-8-10-25(11-9-24)20(27)16-4-3-7-21-13-16/h3-7,12-13H,8-11H2,1-2H3. The minimum absolute atomic E-state index is 0.0197. The second kappa shape index (κ2) is 6.83. The zero-order valence-corrected chi connectivity index (χ0v) is 15.4. The largest absolute Gasteiger partial charge is 0.335 e. The second-order valence-corrected chi connectivity index (χ2v) is 6.75. The molecule has 138 valence electrons. The second-order valence-electron chi connectivity index (χ2n) is 6.75. The number of nitrogens with zero attached hydrogens (tertiary/aromatic N) is 5. The SMILES string of the molecule is Cc1nc2cc(C(=O)N3CCN(C(=O)c4cccnc4)CC3)ccc2n1C. The van der Waals surface area contributed by atoms with E-state index >= 15 is 0 Å².